The van der Waals surface area contributed by atoms with Crippen molar-refractivity contribution in [3.8, 4) is 5.75 Å². The van der Waals surface area contributed by atoms with Crippen molar-refractivity contribution in [1.82, 2.24) is 9.80 Å². The van der Waals surface area contributed by atoms with Crippen molar-refractivity contribution in [3.63, 3.8) is 0 Å². The molecule has 0 spiro atoms. The Morgan fingerprint density at radius 3 is 2.71 bits per heavy atom. The molecule has 2 aliphatic heterocycles. The summed E-state index contributed by atoms with van der Waals surface area (Å²) in [7, 11) is 2.22. The predicted molar refractivity (Wildman–Crippen MR) is 96.3 cm³/mol. The van der Waals surface area contributed by atoms with Gasteiger partial charge in [0.2, 0.25) is 0 Å². The first kappa shape index (κ1) is 17.3. The summed E-state index contributed by atoms with van der Waals surface area (Å²) < 4.78 is 5.74. The Morgan fingerprint density at radius 2 is 1.96 bits per heavy atom. The van der Waals surface area contributed by atoms with Gasteiger partial charge in [0.15, 0.2) is 6.61 Å². The molecular formula is C20H30N2O2. The van der Waals surface area contributed by atoms with Gasteiger partial charge in [-0.1, -0.05) is 24.1 Å². The van der Waals surface area contributed by atoms with Crippen LogP contribution in [0.25, 0.3) is 0 Å². The SMILES string of the molecule is Cc1ccc(OCC(=O)N2CCC[C@@]3(C)[C@@H]2CCCCN3C)cc1. The highest BCUT2D eigenvalue weighted by molar-refractivity contribution is 5.78. The van der Waals surface area contributed by atoms with E-state index in [2.05, 4.69) is 23.8 Å². The fourth-order valence-electron chi connectivity index (χ4n) is 4.28. The third kappa shape index (κ3) is 3.44. The van der Waals surface area contributed by atoms with Crippen LogP contribution >= 0.6 is 0 Å². The Morgan fingerprint density at radius 1 is 1.21 bits per heavy atom. The second kappa shape index (κ2) is 7.14. The lowest BCUT2D eigenvalue weighted by Crippen LogP contribution is -2.63. The Labute approximate surface area is 145 Å². The molecule has 0 saturated carbocycles. The molecule has 2 saturated heterocycles. The van der Waals surface area contributed by atoms with Crippen LogP contribution in [0.2, 0.25) is 0 Å². The molecule has 0 aliphatic carbocycles. The van der Waals surface area contributed by atoms with E-state index in [1.165, 1.54) is 24.8 Å². The maximum Gasteiger partial charge on any atom is 0.260 e. The highest BCUT2D eigenvalue weighted by Crippen LogP contribution is 2.37. The molecule has 0 bridgehead atoms. The van der Waals surface area contributed by atoms with Gasteiger partial charge in [0.25, 0.3) is 5.91 Å². The monoisotopic (exact) mass is 330 g/mol. The molecule has 2 atom stereocenters. The van der Waals surface area contributed by atoms with Gasteiger partial charge < -0.3 is 9.64 Å². The zero-order valence-corrected chi connectivity index (χ0v) is 15.3. The summed E-state index contributed by atoms with van der Waals surface area (Å²) in [4.78, 5) is 17.4. The standard InChI is InChI=1S/C20H30N2O2/c1-16-8-10-17(11-9-16)24-15-19(23)22-14-6-12-20(2)18(22)7-4-5-13-21(20)3/h8-11,18H,4-7,12-15H2,1-3H3/t18-,20-/m0/s1. The first-order valence-electron chi connectivity index (χ1n) is 9.21. The van der Waals surface area contributed by atoms with Crippen LogP contribution in [0, 0.1) is 6.92 Å². The molecule has 1 aromatic carbocycles. The Bertz CT molecular complexity index is 572. The van der Waals surface area contributed by atoms with Crippen molar-refractivity contribution >= 4 is 5.91 Å². The van der Waals surface area contributed by atoms with Crippen LogP contribution < -0.4 is 4.74 Å². The number of amides is 1. The van der Waals surface area contributed by atoms with Crippen LogP contribution in [0.3, 0.4) is 0 Å². The first-order valence-corrected chi connectivity index (χ1v) is 9.21. The molecule has 0 aromatic heterocycles. The van der Waals surface area contributed by atoms with E-state index in [0.29, 0.717) is 6.04 Å². The number of carbonyl (C=O) groups is 1. The van der Waals surface area contributed by atoms with Gasteiger partial charge in [0, 0.05) is 18.1 Å². The summed E-state index contributed by atoms with van der Waals surface area (Å²) in [5, 5.41) is 0. The van der Waals surface area contributed by atoms with E-state index < -0.39 is 0 Å². The molecule has 0 N–H and O–H groups in total. The van der Waals surface area contributed by atoms with E-state index in [0.717, 1.165) is 31.7 Å². The van der Waals surface area contributed by atoms with Gasteiger partial charge in [-0.2, -0.15) is 0 Å². The molecule has 3 rings (SSSR count). The number of likely N-dealkylation sites (N-methyl/N-ethyl adjacent to an activating group) is 1. The molecule has 24 heavy (non-hydrogen) atoms. The number of fused-ring (bicyclic) bond motifs is 1. The summed E-state index contributed by atoms with van der Waals surface area (Å²) in [5.74, 6) is 0.897. The minimum Gasteiger partial charge on any atom is -0.484 e. The number of carbonyl (C=O) groups excluding carboxylic acids is 1. The van der Waals surface area contributed by atoms with Crippen molar-refractivity contribution < 1.29 is 9.53 Å². The van der Waals surface area contributed by atoms with E-state index in [9.17, 15) is 4.79 Å². The average molecular weight is 330 g/mol. The van der Waals surface area contributed by atoms with Crippen LogP contribution in [0.4, 0.5) is 0 Å². The predicted octanol–water partition coefficient (Wildman–Crippen LogP) is 3.24. The zero-order chi connectivity index (χ0) is 17.2. The Balaban J connectivity index is 1.68. The minimum absolute atomic E-state index is 0.105. The summed E-state index contributed by atoms with van der Waals surface area (Å²) in [5.41, 5.74) is 1.30. The van der Waals surface area contributed by atoms with Gasteiger partial charge >= 0.3 is 0 Å². The average Bonchev–Trinajstić information content (AvgIpc) is 2.73. The fraction of sp³-hybridized carbons (Fsp3) is 0.650. The van der Waals surface area contributed by atoms with Crippen molar-refractivity contribution in [2.75, 3.05) is 26.7 Å². The second-order valence-electron chi connectivity index (χ2n) is 7.58. The van der Waals surface area contributed by atoms with Crippen LogP contribution in [0.5, 0.6) is 5.75 Å². The fourth-order valence-corrected chi connectivity index (χ4v) is 4.28. The van der Waals surface area contributed by atoms with Gasteiger partial charge in [0.05, 0.1) is 0 Å². The molecular weight excluding hydrogens is 300 g/mol. The molecule has 1 amide bonds. The smallest absolute Gasteiger partial charge is 0.260 e. The molecule has 0 unspecified atom stereocenters. The lowest BCUT2D eigenvalue weighted by atomic mass is 9.80. The van der Waals surface area contributed by atoms with Crippen molar-refractivity contribution in [2.45, 2.75) is 57.5 Å². The topological polar surface area (TPSA) is 32.8 Å². The molecule has 1 aromatic rings. The third-order valence-corrected chi connectivity index (χ3v) is 5.97. The van der Waals surface area contributed by atoms with Crippen molar-refractivity contribution in [2.24, 2.45) is 0 Å². The number of aryl methyl sites for hydroxylation is 1. The number of ether oxygens (including phenoxy) is 1. The highest BCUT2D eigenvalue weighted by atomic mass is 16.5. The maximum absolute atomic E-state index is 12.8. The van der Waals surface area contributed by atoms with Crippen molar-refractivity contribution in [3.05, 3.63) is 29.8 Å². The minimum atomic E-state index is 0.105. The van der Waals surface area contributed by atoms with Gasteiger partial charge in [-0.15, -0.1) is 0 Å². The van der Waals surface area contributed by atoms with Crippen molar-refractivity contribution in [1.29, 1.82) is 0 Å². The first-order chi connectivity index (χ1) is 11.5. The quantitative estimate of drug-likeness (QED) is 0.853. The largest absolute Gasteiger partial charge is 0.484 e. The molecule has 4 heteroatoms. The van der Waals surface area contributed by atoms with Crippen LogP contribution in [-0.4, -0.2) is 54.0 Å². The maximum atomic E-state index is 12.8. The van der Waals surface area contributed by atoms with Crippen LogP contribution in [0.15, 0.2) is 24.3 Å². The number of likely N-dealkylation sites (tertiary alicyclic amines) is 2. The number of nitrogens with zero attached hydrogens (tertiary/aromatic N) is 2. The molecule has 2 fully saturated rings. The molecule has 0 radical (unpaired) electrons. The Kier molecular flexibility index (Phi) is 5.14. The number of hydrogen-bond acceptors (Lipinski definition) is 3. The summed E-state index contributed by atoms with van der Waals surface area (Å²) in [6.45, 7) is 6.52. The summed E-state index contributed by atoms with van der Waals surface area (Å²) in [6.07, 6.45) is 5.79. The number of rotatable bonds is 3. The molecule has 2 heterocycles. The molecule has 132 valence electrons. The van der Waals surface area contributed by atoms with Gasteiger partial charge in [-0.05, 0) is 65.3 Å². The number of piperidine rings is 1. The highest BCUT2D eigenvalue weighted by Gasteiger charge is 2.45. The van der Waals surface area contributed by atoms with Crippen LogP contribution in [0.1, 0.15) is 44.6 Å². The number of benzene rings is 1. The van der Waals surface area contributed by atoms with Crippen LogP contribution in [-0.2, 0) is 4.79 Å². The van der Waals surface area contributed by atoms with Gasteiger partial charge in [-0.25, -0.2) is 0 Å². The Hall–Kier alpha value is -1.55. The lowest BCUT2D eigenvalue weighted by molar-refractivity contribution is -0.142. The van der Waals surface area contributed by atoms with Gasteiger partial charge in [-0.3, -0.25) is 9.69 Å². The lowest BCUT2D eigenvalue weighted by Gasteiger charge is -2.51. The van der Waals surface area contributed by atoms with Gasteiger partial charge in [0.1, 0.15) is 5.75 Å². The summed E-state index contributed by atoms with van der Waals surface area (Å²) in [6, 6.07) is 8.20. The van der Waals surface area contributed by atoms with E-state index in [1.54, 1.807) is 0 Å². The summed E-state index contributed by atoms with van der Waals surface area (Å²) >= 11 is 0. The zero-order valence-electron chi connectivity index (χ0n) is 15.3. The third-order valence-electron chi connectivity index (χ3n) is 5.97. The normalized spacial score (nSPS) is 28.1. The van der Waals surface area contributed by atoms with E-state index >= 15 is 0 Å². The van der Waals surface area contributed by atoms with E-state index in [-0.39, 0.29) is 18.1 Å². The number of hydrogen-bond donors (Lipinski definition) is 0. The second-order valence-corrected chi connectivity index (χ2v) is 7.58. The van der Waals surface area contributed by atoms with E-state index in [1.807, 2.05) is 31.2 Å². The van der Waals surface area contributed by atoms with E-state index in [4.69, 9.17) is 4.74 Å². The molecule has 4 nitrogen and oxygen atoms in total. The molecule has 2 aliphatic rings.